The molecule has 6 fully saturated rings. The maximum Gasteiger partial charge on any atom is 0.315 e. The molecule has 5 amide bonds. The highest BCUT2D eigenvalue weighted by Crippen LogP contribution is 2.65. The molecule has 6 atom stereocenters. The number of urea groups is 1. The Labute approximate surface area is 291 Å². The lowest BCUT2D eigenvalue weighted by Gasteiger charge is -2.45. The number of amides is 5. The average molecular weight is 704 g/mol. The van der Waals surface area contributed by atoms with E-state index in [2.05, 4.69) is 35.1 Å². The van der Waals surface area contributed by atoms with Crippen LogP contribution in [0.15, 0.2) is 0 Å². The number of sulfone groups is 1. The summed E-state index contributed by atoms with van der Waals surface area (Å²) in [4.78, 5) is 70.1. The van der Waals surface area contributed by atoms with Crippen LogP contribution in [-0.2, 0) is 29.0 Å². The molecule has 0 aromatic heterocycles. The van der Waals surface area contributed by atoms with Crippen molar-refractivity contribution in [1.82, 2.24) is 26.2 Å². The van der Waals surface area contributed by atoms with Crippen LogP contribution in [0, 0.1) is 28.6 Å². The first kappa shape index (κ1) is 36.1. The normalized spacial score (nSPS) is 31.8. The van der Waals surface area contributed by atoms with Crippen molar-refractivity contribution in [2.45, 2.75) is 146 Å². The van der Waals surface area contributed by atoms with Gasteiger partial charge in [-0.2, -0.15) is 0 Å². The molecule has 49 heavy (non-hydrogen) atoms. The van der Waals surface area contributed by atoms with Crippen molar-refractivity contribution in [3.05, 3.63) is 0 Å². The third kappa shape index (κ3) is 6.98. The number of fused-ring (bicyclic) bond motifs is 1. The molecular formula is C36H57N5O7S. The average Bonchev–Trinajstić information content (AvgIpc) is 3.85. The van der Waals surface area contributed by atoms with Gasteiger partial charge in [-0.3, -0.25) is 19.2 Å². The summed E-state index contributed by atoms with van der Waals surface area (Å²) in [5, 5.41) is 10.9. The van der Waals surface area contributed by atoms with Crippen LogP contribution in [-0.4, -0.2) is 91.1 Å². The first-order chi connectivity index (χ1) is 23.1. The quantitative estimate of drug-likeness (QED) is 0.240. The summed E-state index contributed by atoms with van der Waals surface area (Å²) in [6, 6.07) is -3.24. The number of hydrogen-bond donors (Lipinski definition) is 4. The number of ketones is 1. The van der Waals surface area contributed by atoms with Crippen LogP contribution in [0.3, 0.4) is 0 Å². The first-order valence-corrected chi connectivity index (χ1v) is 20.5. The number of nitrogens with one attached hydrogen (secondary N) is 4. The maximum atomic E-state index is 14.8. The SMILES string of the molecule is CNC(=O)C(=O)[C@H](CC1CC1)NC(=O)[C@@H]1[C@@H]2[C@H](CN1C(=O)[C@@H](NC(=O)NC1([C@@H]3CCCS3(=O)=O)CCCCC1)C1(C)CCCCC1)C2(C)C. The van der Waals surface area contributed by atoms with Crippen molar-refractivity contribution in [2.75, 3.05) is 19.3 Å². The predicted octanol–water partition coefficient (Wildman–Crippen LogP) is 2.99. The first-order valence-electron chi connectivity index (χ1n) is 18.8. The Hall–Kier alpha value is -2.70. The molecule has 6 rings (SSSR count). The van der Waals surface area contributed by atoms with Gasteiger partial charge in [0.2, 0.25) is 17.6 Å². The highest BCUT2D eigenvalue weighted by atomic mass is 32.2. The zero-order valence-electron chi connectivity index (χ0n) is 29.8. The summed E-state index contributed by atoms with van der Waals surface area (Å²) in [5.41, 5.74) is -1.60. The van der Waals surface area contributed by atoms with Crippen molar-refractivity contribution in [1.29, 1.82) is 0 Å². The number of piperidine rings is 1. The highest BCUT2D eigenvalue weighted by Gasteiger charge is 2.70. The second-order valence-corrected chi connectivity index (χ2v) is 19.3. The number of Topliss-reactive ketones (excluding diaryl/α,β-unsaturated/α-hetero) is 1. The van der Waals surface area contributed by atoms with Crippen LogP contribution in [0.1, 0.15) is 117 Å². The van der Waals surface area contributed by atoms with E-state index in [-0.39, 0.29) is 34.8 Å². The molecule has 12 nitrogen and oxygen atoms in total. The van der Waals surface area contributed by atoms with E-state index in [1.54, 1.807) is 4.90 Å². The van der Waals surface area contributed by atoms with E-state index in [0.717, 1.165) is 64.2 Å². The molecule has 0 bridgehead atoms. The van der Waals surface area contributed by atoms with Gasteiger partial charge >= 0.3 is 6.03 Å². The molecule has 4 saturated carbocycles. The molecule has 0 aromatic rings. The van der Waals surface area contributed by atoms with E-state index in [9.17, 15) is 32.4 Å². The van der Waals surface area contributed by atoms with Gasteiger partial charge in [0.25, 0.3) is 5.91 Å². The molecule has 2 saturated heterocycles. The van der Waals surface area contributed by atoms with Gasteiger partial charge in [-0.05, 0) is 73.5 Å². The Kier molecular flexibility index (Phi) is 9.91. The minimum atomic E-state index is -3.35. The second-order valence-electron chi connectivity index (χ2n) is 17.0. The van der Waals surface area contributed by atoms with Crippen LogP contribution in [0.2, 0.25) is 0 Å². The third-order valence-corrected chi connectivity index (χ3v) is 15.8. The zero-order chi connectivity index (χ0) is 35.4. The molecule has 0 radical (unpaired) electrons. The molecule has 6 aliphatic rings. The fourth-order valence-corrected chi connectivity index (χ4v) is 12.5. The van der Waals surface area contributed by atoms with Crippen LogP contribution >= 0.6 is 0 Å². The molecule has 2 heterocycles. The zero-order valence-corrected chi connectivity index (χ0v) is 30.6. The lowest BCUT2D eigenvalue weighted by molar-refractivity contribution is -0.146. The van der Waals surface area contributed by atoms with E-state index in [1.807, 2.05) is 6.92 Å². The van der Waals surface area contributed by atoms with Gasteiger partial charge < -0.3 is 26.2 Å². The number of rotatable bonds is 11. The highest BCUT2D eigenvalue weighted by molar-refractivity contribution is 7.92. The Morgan fingerprint density at radius 1 is 0.837 bits per heavy atom. The van der Waals surface area contributed by atoms with Crippen LogP contribution in [0.25, 0.3) is 0 Å². The number of nitrogens with zero attached hydrogens (tertiary/aromatic N) is 1. The summed E-state index contributed by atoms with van der Waals surface area (Å²) < 4.78 is 26.3. The van der Waals surface area contributed by atoms with Crippen molar-refractivity contribution in [2.24, 2.45) is 28.6 Å². The van der Waals surface area contributed by atoms with Crippen molar-refractivity contribution in [3.63, 3.8) is 0 Å². The Bertz CT molecular complexity index is 1450. The number of hydrogen-bond acceptors (Lipinski definition) is 7. The summed E-state index contributed by atoms with van der Waals surface area (Å²) in [7, 11) is -1.96. The maximum absolute atomic E-state index is 14.8. The minimum Gasteiger partial charge on any atom is -0.353 e. The van der Waals surface area contributed by atoms with Gasteiger partial charge in [-0.15, -0.1) is 0 Å². The standard InChI is InChI=1S/C36H57N5O7S/c1-34(2)23-21-41(27(26(23)34)30(43)38-24(20-22-13-14-22)28(42)31(44)37-4)32(45)29(35(3)15-7-5-8-16-35)39-33(46)40-36(17-9-6-10-18-36)25-12-11-19-49(25,47)48/h22-27,29H,5-21H2,1-4H3,(H,37,44)(H,38,43)(H2,39,40,46)/t23-,24-,25-,26-,27-,29+/m0/s1. The van der Waals surface area contributed by atoms with E-state index >= 15 is 0 Å². The fourth-order valence-electron chi connectivity index (χ4n) is 10.1. The number of carbonyl (C=O) groups is 5. The lowest BCUT2D eigenvalue weighted by Crippen LogP contribution is -2.66. The Balaban J connectivity index is 1.26. The van der Waals surface area contributed by atoms with E-state index in [4.69, 9.17) is 0 Å². The molecule has 2 aliphatic heterocycles. The fraction of sp³-hybridized carbons (Fsp3) is 0.861. The lowest BCUT2D eigenvalue weighted by atomic mass is 9.70. The van der Waals surface area contributed by atoms with Crippen molar-refractivity contribution in [3.8, 4) is 0 Å². The largest absolute Gasteiger partial charge is 0.353 e. The molecule has 274 valence electrons. The Morgan fingerprint density at radius 3 is 2.04 bits per heavy atom. The van der Waals surface area contributed by atoms with Gasteiger partial charge in [0.05, 0.1) is 22.6 Å². The summed E-state index contributed by atoms with van der Waals surface area (Å²) >= 11 is 0. The monoisotopic (exact) mass is 703 g/mol. The van der Waals surface area contributed by atoms with Gasteiger partial charge in [0.15, 0.2) is 9.84 Å². The van der Waals surface area contributed by atoms with Gasteiger partial charge in [-0.1, -0.05) is 72.1 Å². The summed E-state index contributed by atoms with van der Waals surface area (Å²) in [6.45, 7) is 6.59. The molecule has 4 aliphatic carbocycles. The minimum absolute atomic E-state index is 0.0930. The van der Waals surface area contributed by atoms with Gasteiger partial charge in [0, 0.05) is 13.6 Å². The Morgan fingerprint density at radius 2 is 1.47 bits per heavy atom. The van der Waals surface area contributed by atoms with Gasteiger partial charge in [0.1, 0.15) is 12.1 Å². The van der Waals surface area contributed by atoms with Crippen LogP contribution in [0.4, 0.5) is 4.79 Å². The number of carbonyl (C=O) groups excluding carboxylic acids is 5. The smallest absolute Gasteiger partial charge is 0.315 e. The molecule has 0 spiro atoms. The summed E-state index contributed by atoms with van der Waals surface area (Å²) in [6.07, 6.45) is 11.6. The molecule has 13 heteroatoms. The molecule has 4 N–H and O–H groups in total. The second kappa shape index (κ2) is 13.5. The van der Waals surface area contributed by atoms with Crippen LogP contribution in [0.5, 0.6) is 0 Å². The predicted molar refractivity (Wildman–Crippen MR) is 184 cm³/mol. The summed E-state index contributed by atoms with van der Waals surface area (Å²) in [5.74, 6) is -1.79. The molecule has 0 aromatic carbocycles. The van der Waals surface area contributed by atoms with Crippen LogP contribution < -0.4 is 21.3 Å². The van der Waals surface area contributed by atoms with Crippen molar-refractivity contribution < 1.29 is 32.4 Å². The van der Waals surface area contributed by atoms with E-state index in [0.29, 0.717) is 38.6 Å². The van der Waals surface area contributed by atoms with E-state index in [1.165, 1.54) is 7.05 Å². The number of likely N-dealkylation sites (N-methyl/N-ethyl adjacent to an activating group) is 1. The topological polar surface area (TPSA) is 171 Å². The molecule has 0 unspecified atom stereocenters. The van der Waals surface area contributed by atoms with Crippen molar-refractivity contribution >= 4 is 39.4 Å². The van der Waals surface area contributed by atoms with E-state index < -0.39 is 67.8 Å². The third-order valence-electron chi connectivity index (χ3n) is 13.4. The molecular weight excluding hydrogens is 646 g/mol. The van der Waals surface area contributed by atoms with Gasteiger partial charge in [-0.25, -0.2) is 13.2 Å². The number of likely N-dealkylation sites (tertiary alicyclic amines) is 1.